The van der Waals surface area contributed by atoms with Crippen molar-refractivity contribution in [2.24, 2.45) is 5.92 Å². The van der Waals surface area contributed by atoms with Crippen LogP contribution in [0.15, 0.2) is 36.4 Å². The zero-order valence-electron chi connectivity index (χ0n) is 17.2. The molecule has 1 saturated carbocycles. The number of alkyl halides is 3. The molecule has 1 fully saturated rings. The van der Waals surface area contributed by atoms with Crippen molar-refractivity contribution in [3.63, 3.8) is 0 Å². The first-order valence-electron chi connectivity index (χ1n) is 9.67. The van der Waals surface area contributed by atoms with Crippen LogP contribution in [0.1, 0.15) is 36.5 Å². The van der Waals surface area contributed by atoms with E-state index in [2.05, 4.69) is 11.3 Å². The molecule has 1 N–H and O–H groups in total. The van der Waals surface area contributed by atoms with E-state index in [1.807, 2.05) is 0 Å². The Balaban J connectivity index is 1.77. The maximum atomic E-state index is 12.3. The number of hydrogen-bond acceptors (Lipinski definition) is 8. The Hall–Kier alpha value is -3.08. The third kappa shape index (κ3) is 8.22. The number of carbonyl (C=O) groups excluding carboxylic acids is 3. The molecule has 0 spiro atoms. The van der Waals surface area contributed by atoms with Crippen molar-refractivity contribution < 1.29 is 51.6 Å². The fourth-order valence-corrected chi connectivity index (χ4v) is 3.04. The van der Waals surface area contributed by atoms with Crippen LogP contribution in [0, 0.1) is 5.92 Å². The first-order valence-corrected chi connectivity index (χ1v) is 9.67. The smallest absolute Gasteiger partial charge is 0.462 e. The number of hydrogen-bond donors (Lipinski definition) is 1. The number of halogens is 3. The maximum absolute atomic E-state index is 12.3. The average Bonchev–Trinajstić information content (AvgIpc) is 2.70. The fourth-order valence-electron chi connectivity index (χ4n) is 3.04. The second-order valence-corrected chi connectivity index (χ2v) is 7.31. The highest BCUT2D eigenvalue weighted by atomic mass is 19.4. The number of esters is 3. The minimum atomic E-state index is -4.92. The SMILES string of the molecule is C=C(C)C(=O)OCC1CCC(OC(=O)COC(=O)c2cccc(OC(F)(F)F)c2)C(O)C1. The molecule has 3 atom stereocenters. The molecule has 0 radical (unpaired) electrons. The van der Waals surface area contributed by atoms with E-state index in [-0.39, 0.29) is 30.1 Å². The summed E-state index contributed by atoms with van der Waals surface area (Å²) in [5, 5.41) is 10.2. The molecular weight excluding hydrogens is 437 g/mol. The molecule has 1 aromatic rings. The maximum Gasteiger partial charge on any atom is 0.573 e. The van der Waals surface area contributed by atoms with Crippen molar-refractivity contribution in [2.75, 3.05) is 13.2 Å². The molecule has 0 bridgehead atoms. The summed E-state index contributed by atoms with van der Waals surface area (Å²) in [5.41, 5.74) is 0.0201. The summed E-state index contributed by atoms with van der Waals surface area (Å²) >= 11 is 0. The highest BCUT2D eigenvalue weighted by Gasteiger charge is 2.33. The molecule has 0 saturated heterocycles. The van der Waals surface area contributed by atoms with E-state index in [9.17, 15) is 32.7 Å². The van der Waals surface area contributed by atoms with Crippen LogP contribution in [0.2, 0.25) is 0 Å². The summed E-state index contributed by atoms with van der Waals surface area (Å²) < 4.78 is 55.5. The quantitative estimate of drug-likeness (QED) is 0.358. The van der Waals surface area contributed by atoms with Gasteiger partial charge in [-0.2, -0.15) is 0 Å². The van der Waals surface area contributed by atoms with E-state index in [0.29, 0.717) is 12.8 Å². The van der Waals surface area contributed by atoms with Crippen LogP contribution < -0.4 is 4.74 Å². The monoisotopic (exact) mass is 460 g/mol. The Labute approximate surface area is 181 Å². The van der Waals surface area contributed by atoms with E-state index in [0.717, 1.165) is 12.1 Å². The molecule has 1 aliphatic rings. The summed E-state index contributed by atoms with van der Waals surface area (Å²) in [6, 6.07) is 4.20. The molecule has 2 rings (SSSR count). The van der Waals surface area contributed by atoms with Crippen LogP contribution in [0.5, 0.6) is 5.75 Å². The van der Waals surface area contributed by atoms with Gasteiger partial charge in [0.1, 0.15) is 11.9 Å². The average molecular weight is 460 g/mol. The van der Waals surface area contributed by atoms with Gasteiger partial charge in [-0.25, -0.2) is 14.4 Å². The molecule has 1 aliphatic carbocycles. The van der Waals surface area contributed by atoms with E-state index in [1.165, 1.54) is 19.1 Å². The summed E-state index contributed by atoms with van der Waals surface area (Å²) in [4.78, 5) is 35.4. The molecule has 0 heterocycles. The number of aliphatic hydroxyl groups excluding tert-OH is 1. The topological polar surface area (TPSA) is 108 Å². The summed E-state index contributed by atoms with van der Waals surface area (Å²) in [6.07, 6.45) is -5.64. The van der Waals surface area contributed by atoms with Crippen LogP contribution in [-0.4, -0.2) is 54.8 Å². The molecule has 1 aromatic carbocycles. The summed E-state index contributed by atoms with van der Waals surface area (Å²) in [6.45, 7) is 4.32. The van der Waals surface area contributed by atoms with Gasteiger partial charge in [-0.3, -0.25) is 0 Å². The molecule has 176 valence electrons. The Morgan fingerprint density at radius 1 is 1.19 bits per heavy atom. The van der Waals surface area contributed by atoms with Crippen molar-refractivity contribution in [3.8, 4) is 5.75 Å². The molecule has 32 heavy (non-hydrogen) atoms. The predicted octanol–water partition coefficient (Wildman–Crippen LogP) is 2.93. The Bertz CT molecular complexity index is 852. The van der Waals surface area contributed by atoms with Crippen molar-refractivity contribution in [3.05, 3.63) is 42.0 Å². The highest BCUT2D eigenvalue weighted by Crippen LogP contribution is 2.27. The third-order valence-electron chi connectivity index (χ3n) is 4.57. The number of carbonyl (C=O) groups is 3. The van der Waals surface area contributed by atoms with Gasteiger partial charge in [0.05, 0.1) is 18.3 Å². The number of aliphatic hydroxyl groups is 1. The van der Waals surface area contributed by atoms with Gasteiger partial charge in [0.2, 0.25) is 0 Å². The second-order valence-electron chi connectivity index (χ2n) is 7.31. The number of ether oxygens (including phenoxy) is 4. The lowest BCUT2D eigenvalue weighted by Crippen LogP contribution is -2.39. The molecular formula is C21H23F3O8. The lowest BCUT2D eigenvalue weighted by molar-refractivity contribution is -0.274. The van der Waals surface area contributed by atoms with Crippen molar-refractivity contribution in [1.29, 1.82) is 0 Å². The Kier molecular flexibility index (Phi) is 8.64. The van der Waals surface area contributed by atoms with E-state index in [4.69, 9.17) is 14.2 Å². The standard InChI is InChI=1S/C21H23F3O8/c1-12(2)19(27)29-10-13-6-7-17(16(25)8-13)31-18(26)11-30-20(28)14-4-3-5-15(9-14)32-21(22,23)24/h3-5,9,13,16-17,25H,1,6-8,10-11H2,2H3. The van der Waals surface area contributed by atoms with Gasteiger partial charge in [0.15, 0.2) is 6.61 Å². The third-order valence-corrected chi connectivity index (χ3v) is 4.57. The lowest BCUT2D eigenvalue weighted by Gasteiger charge is -2.32. The molecule has 11 heteroatoms. The van der Waals surface area contributed by atoms with Crippen molar-refractivity contribution in [2.45, 2.75) is 44.8 Å². The Morgan fingerprint density at radius 3 is 2.53 bits per heavy atom. The summed E-state index contributed by atoms with van der Waals surface area (Å²) in [5.74, 6) is -3.20. The van der Waals surface area contributed by atoms with Crippen molar-refractivity contribution >= 4 is 17.9 Å². The van der Waals surface area contributed by atoms with Gasteiger partial charge in [-0.05, 0) is 50.3 Å². The molecule has 3 unspecified atom stereocenters. The molecule has 0 aliphatic heterocycles. The second kappa shape index (κ2) is 11.0. The van der Waals surface area contributed by atoms with Crippen LogP contribution in [-0.2, 0) is 23.8 Å². The van der Waals surface area contributed by atoms with E-state index < -0.39 is 48.8 Å². The van der Waals surface area contributed by atoms with Gasteiger partial charge in [-0.1, -0.05) is 12.6 Å². The molecule has 0 aromatic heterocycles. The van der Waals surface area contributed by atoms with Crippen molar-refractivity contribution in [1.82, 2.24) is 0 Å². The predicted molar refractivity (Wildman–Crippen MR) is 102 cm³/mol. The van der Waals surface area contributed by atoms with E-state index in [1.54, 1.807) is 0 Å². The number of rotatable bonds is 8. The molecule has 8 nitrogen and oxygen atoms in total. The van der Waals surface area contributed by atoms with Gasteiger partial charge in [0, 0.05) is 5.57 Å². The molecule has 0 amide bonds. The van der Waals surface area contributed by atoms with Crippen LogP contribution >= 0.6 is 0 Å². The fraction of sp³-hybridized carbons (Fsp3) is 0.476. The number of benzene rings is 1. The van der Waals surface area contributed by atoms with Crippen LogP contribution in [0.4, 0.5) is 13.2 Å². The minimum Gasteiger partial charge on any atom is -0.462 e. The zero-order valence-corrected chi connectivity index (χ0v) is 17.2. The zero-order chi connectivity index (χ0) is 23.9. The normalized spacial score (nSPS) is 20.7. The minimum absolute atomic E-state index is 0.104. The largest absolute Gasteiger partial charge is 0.573 e. The lowest BCUT2D eigenvalue weighted by atomic mass is 9.86. The van der Waals surface area contributed by atoms with Gasteiger partial charge in [0.25, 0.3) is 0 Å². The first-order chi connectivity index (χ1) is 14.9. The van der Waals surface area contributed by atoms with E-state index >= 15 is 0 Å². The highest BCUT2D eigenvalue weighted by molar-refractivity contribution is 5.91. The van der Waals surface area contributed by atoms with Gasteiger partial charge >= 0.3 is 24.3 Å². The van der Waals surface area contributed by atoms with Gasteiger partial charge < -0.3 is 24.1 Å². The Morgan fingerprint density at radius 2 is 1.91 bits per heavy atom. The van der Waals surface area contributed by atoms with Crippen LogP contribution in [0.25, 0.3) is 0 Å². The van der Waals surface area contributed by atoms with Crippen LogP contribution in [0.3, 0.4) is 0 Å². The summed E-state index contributed by atoms with van der Waals surface area (Å²) in [7, 11) is 0. The van der Waals surface area contributed by atoms with Gasteiger partial charge in [-0.15, -0.1) is 13.2 Å². The first kappa shape index (κ1) is 25.2.